The molecule has 1 rings (SSSR count). The minimum Gasteiger partial charge on any atom is -0.465 e. The summed E-state index contributed by atoms with van der Waals surface area (Å²) in [5.74, 6) is 0.182. The largest absolute Gasteiger partial charge is 0.465 e. The number of rotatable bonds is 1. The van der Waals surface area contributed by atoms with Crippen molar-refractivity contribution in [3.05, 3.63) is 0 Å². The predicted octanol–water partition coefficient (Wildman–Crippen LogP) is -0.411. The lowest BCUT2D eigenvalue weighted by Gasteiger charge is -2.35. The van der Waals surface area contributed by atoms with E-state index in [2.05, 4.69) is 0 Å². The van der Waals surface area contributed by atoms with Crippen molar-refractivity contribution in [2.45, 2.75) is 0 Å². The summed E-state index contributed by atoms with van der Waals surface area (Å²) in [5.41, 5.74) is 0. The van der Waals surface area contributed by atoms with Gasteiger partial charge >= 0.3 is 6.09 Å². The van der Waals surface area contributed by atoms with E-state index < -0.39 is 6.09 Å². The maximum Gasteiger partial charge on any atom is 0.407 e. The Bertz CT molecular complexity index is 119. The van der Waals surface area contributed by atoms with E-state index in [4.69, 9.17) is 10.2 Å². The van der Waals surface area contributed by atoms with Gasteiger partial charge in [-0.3, -0.25) is 0 Å². The topological polar surface area (TPSA) is 60.8 Å². The molecule has 0 bridgehead atoms. The predicted molar refractivity (Wildman–Crippen MR) is 30.2 cm³/mol. The summed E-state index contributed by atoms with van der Waals surface area (Å²) >= 11 is 0. The molecule has 52 valence electrons. The SMILES string of the molecule is O=C(O)N1CC(CO)C1. The van der Waals surface area contributed by atoms with Crippen LogP contribution in [-0.4, -0.2) is 40.9 Å². The number of aliphatic hydroxyl groups is 1. The third-order valence-corrected chi connectivity index (χ3v) is 1.49. The van der Waals surface area contributed by atoms with Gasteiger partial charge in [0, 0.05) is 25.6 Å². The molecule has 0 aromatic heterocycles. The Labute approximate surface area is 52.7 Å². The number of hydrogen-bond acceptors (Lipinski definition) is 2. The molecule has 0 aromatic carbocycles. The Balaban J connectivity index is 2.19. The fourth-order valence-electron chi connectivity index (χ4n) is 0.842. The van der Waals surface area contributed by atoms with Crippen molar-refractivity contribution in [3.8, 4) is 0 Å². The number of aliphatic hydroxyl groups excluding tert-OH is 1. The van der Waals surface area contributed by atoms with Gasteiger partial charge in [-0.1, -0.05) is 0 Å². The Morgan fingerprint density at radius 1 is 1.67 bits per heavy atom. The van der Waals surface area contributed by atoms with Gasteiger partial charge in [0.1, 0.15) is 0 Å². The van der Waals surface area contributed by atoms with Crippen molar-refractivity contribution in [1.82, 2.24) is 4.90 Å². The highest BCUT2D eigenvalue weighted by atomic mass is 16.4. The summed E-state index contributed by atoms with van der Waals surface area (Å²) in [4.78, 5) is 11.4. The van der Waals surface area contributed by atoms with Crippen LogP contribution in [0.25, 0.3) is 0 Å². The zero-order chi connectivity index (χ0) is 6.85. The van der Waals surface area contributed by atoms with Crippen molar-refractivity contribution in [3.63, 3.8) is 0 Å². The zero-order valence-corrected chi connectivity index (χ0v) is 4.95. The van der Waals surface area contributed by atoms with Gasteiger partial charge in [0.15, 0.2) is 0 Å². The van der Waals surface area contributed by atoms with Crippen LogP contribution < -0.4 is 0 Å². The summed E-state index contributed by atoms with van der Waals surface area (Å²) < 4.78 is 0. The Morgan fingerprint density at radius 3 is 2.56 bits per heavy atom. The molecule has 0 radical (unpaired) electrons. The molecule has 0 unspecified atom stereocenters. The van der Waals surface area contributed by atoms with Gasteiger partial charge in [-0.05, 0) is 0 Å². The van der Waals surface area contributed by atoms with E-state index in [1.807, 2.05) is 0 Å². The first-order valence-corrected chi connectivity index (χ1v) is 2.82. The highest BCUT2D eigenvalue weighted by molar-refractivity contribution is 5.65. The van der Waals surface area contributed by atoms with Crippen molar-refractivity contribution in [2.24, 2.45) is 5.92 Å². The maximum atomic E-state index is 10.1. The van der Waals surface area contributed by atoms with Crippen LogP contribution in [0.2, 0.25) is 0 Å². The number of nitrogens with zero attached hydrogens (tertiary/aromatic N) is 1. The van der Waals surface area contributed by atoms with Gasteiger partial charge in [0.25, 0.3) is 0 Å². The van der Waals surface area contributed by atoms with Crippen LogP contribution in [0.1, 0.15) is 0 Å². The summed E-state index contributed by atoms with van der Waals surface area (Å²) in [6.45, 7) is 1.08. The fourth-order valence-corrected chi connectivity index (χ4v) is 0.842. The number of amides is 1. The van der Waals surface area contributed by atoms with E-state index in [0.717, 1.165) is 0 Å². The average molecular weight is 131 g/mol. The molecule has 0 aromatic rings. The van der Waals surface area contributed by atoms with Gasteiger partial charge in [-0.2, -0.15) is 0 Å². The second-order valence-electron chi connectivity index (χ2n) is 2.24. The molecule has 0 spiro atoms. The van der Waals surface area contributed by atoms with Crippen LogP contribution in [0.3, 0.4) is 0 Å². The van der Waals surface area contributed by atoms with E-state index in [1.165, 1.54) is 4.90 Å². The molecule has 0 aliphatic carbocycles. The van der Waals surface area contributed by atoms with E-state index in [0.29, 0.717) is 13.1 Å². The summed E-state index contributed by atoms with van der Waals surface area (Å²) in [6, 6.07) is 0. The van der Waals surface area contributed by atoms with Crippen LogP contribution >= 0.6 is 0 Å². The Kier molecular flexibility index (Phi) is 1.57. The first-order valence-electron chi connectivity index (χ1n) is 2.82. The molecular formula is C5H9NO3. The molecule has 1 amide bonds. The molecular weight excluding hydrogens is 122 g/mol. The Hall–Kier alpha value is -0.770. The first-order chi connectivity index (χ1) is 4.24. The smallest absolute Gasteiger partial charge is 0.407 e. The third kappa shape index (κ3) is 1.13. The zero-order valence-electron chi connectivity index (χ0n) is 4.95. The number of hydrogen-bond donors (Lipinski definition) is 2. The second kappa shape index (κ2) is 2.23. The van der Waals surface area contributed by atoms with Crippen LogP contribution in [0, 0.1) is 5.92 Å². The second-order valence-corrected chi connectivity index (χ2v) is 2.24. The van der Waals surface area contributed by atoms with E-state index >= 15 is 0 Å². The van der Waals surface area contributed by atoms with Gasteiger partial charge in [-0.15, -0.1) is 0 Å². The molecule has 9 heavy (non-hydrogen) atoms. The molecule has 1 aliphatic rings. The van der Waals surface area contributed by atoms with Gasteiger partial charge in [-0.25, -0.2) is 4.79 Å². The van der Waals surface area contributed by atoms with Crippen molar-refractivity contribution >= 4 is 6.09 Å². The molecule has 4 nitrogen and oxygen atoms in total. The minimum absolute atomic E-state index is 0.101. The molecule has 4 heteroatoms. The van der Waals surface area contributed by atoms with Crippen LogP contribution in [0.15, 0.2) is 0 Å². The van der Waals surface area contributed by atoms with Crippen LogP contribution in [0.5, 0.6) is 0 Å². The molecule has 1 heterocycles. The molecule has 1 aliphatic heterocycles. The summed E-state index contributed by atoms with van der Waals surface area (Å²) in [5, 5.41) is 16.8. The monoisotopic (exact) mass is 131 g/mol. The van der Waals surface area contributed by atoms with E-state index in [1.54, 1.807) is 0 Å². The molecule has 0 saturated carbocycles. The normalized spacial score (nSPS) is 19.4. The van der Waals surface area contributed by atoms with E-state index in [9.17, 15) is 4.79 Å². The van der Waals surface area contributed by atoms with Crippen molar-refractivity contribution in [1.29, 1.82) is 0 Å². The van der Waals surface area contributed by atoms with Crippen LogP contribution in [-0.2, 0) is 0 Å². The minimum atomic E-state index is -0.889. The lowest BCUT2D eigenvalue weighted by Crippen LogP contribution is -2.50. The van der Waals surface area contributed by atoms with Crippen molar-refractivity contribution < 1.29 is 15.0 Å². The molecule has 1 fully saturated rings. The number of likely N-dealkylation sites (tertiary alicyclic amines) is 1. The maximum absolute atomic E-state index is 10.1. The highest BCUT2D eigenvalue weighted by Gasteiger charge is 2.29. The quantitative estimate of drug-likeness (QED) is 0.508. The third-order valence-electron chi connectivity index (χ3n) is 1.49. The fraction of sp³-hybridized carbons (Fsp3) is 0.800. The van der Waals surface area contributed by atoms with Crippen LogP contribution in [0.4, 0.5) is 4.79 Å². The lowest BCUT2D eigenvalue weighted by atomic mass is 10.0. The first kappa shape index (κ1) is 6.35. The number of carboxylic acid groups (broad SMARTS) is 1. The average Bonchev–Trinajstić information content (AvgIpc) is 1.61. The lowest BCUT2D eigenvalue weighted by molar-refractivity contribution is 0.0528. The van der Waals surface area contributed by atoms with Crippen molar-refractivity contribution in [2.75, 3.05) is 19.7 Å². The van der Waals surface area contributed by atoms with E-state index in [-0.39, 0.29) is 12.5 Å². The molecule has 2 N–H and O–H groups in total. The van der Waals surface area contributed by atoms with Gasteiger partial charge in [0.2, 0.25) is 0 Å². The molecule has 1 saturated heterocycles. The van der Waals surface area contributed by atoms with Gasteiger partial charge in [0.05, 0.1) is 0 Å². The summed E-state index contributed by atoms with van der Waals surface area (Å²) in [7, 11) is 0. The summed E-state index contributed by atoms with van der Waals surface area (Å²) in [6.07, 6.45) is -0.889. The van der Waals surface area contributed by atoms with Gasteiger partial charge < -0.3 is 15.1 Å². The Morgan fingerprint density at radius 2 is 2.22 bits per heavy atom. The standard InChI is InChI=1S/C5H9NO3/c7-3-4-1-6(2-4)5(8)9/h4,7H,1-3H2,(H,8,9). The number of carbonyl (C=O) groups is 1. The highest BCUT2D eigenvalue weighted by Crippen LogP contribution is 2.13. The molecule has 0 atom stereocenters.